The van der Waals surface area contributed by atoms with Gasteiger partial charge in [-0.3, -0.25) is 18.6 Å². The quantitative estimate of drug-likeness (QED) is 0.454. The highest BCUT2D eigenvalue weighted by molar-refractivity contribution is 7.17. The van der Waals surface area contributed by atoms with Crippen LogP contribution in [0.25, 0.3) is 16.0 Å². The van der Waals surface area contributed by atoms with Crippen LogP contribution in [0.4, 0.5) is 5.69 Å². The number of thiophene rings is 1. The van der Waals surface area contributed by atoms with Gasteiger partial charge in [-0.05, 0) is 49.4 Å². The molecule has 172 valence electrons. The minimum Gasteiger partial charge on any atom is -0.365 e. The highest BCUT2D eigenvalue weighted by atomic mass is 32.1. The van der Waals surface area contributed by atoms with Gasteiger partial charge in [-0.25, -0.2) is 0 Å². The van der Waals surface area contributed by atoms with Crippen molar-refractivity contribution < 1.29 is 4.79 Å². The zero-order chi connectivity index (χ0) is 23.1. The number of rotatable bonds is 5. The minimum atomic E-state index is -0.0550. The number of benzene rings is 1. The van der Waals surface area contributed by atoms with Gasteiger partial charge in [0.15, 0.2) is 0 Å². The number of carbonyl (C=O) groups is 1. The maximum absolute atomic E-state index is 12.9. The van der Waals surface area contributed by atoms with Gasteiger partial charge in [0.1, 0.15) is 10.5 Å². The molecule has 3 aromatic heterocycles. The van der Waals surface area contributed by atoms with Crippen LogP contribution in [0.2, 0.25) is 0 Å². The fourth-order valence-corrected chi connectivity index (χ4v) is 5.60. The average molecular weight is 465 g/mol. The Morgan fingerprint density at radius 3 is 2.85 bits per heavy atom. The Labute approximate surface area is 196 Å². The highest BCUT2D eigenvalue weighted by Crippen LogP contribution is 2.23. The first-order valence-corrected chi connectivity index (χ1v) is 12.2. The molecule has 1 aliphatic heterocycles. The third-order valence-electron chi connectivity index (χ3n) is 6.50. The summed E-state index contributed by atoms with van der Waals surface area (Å²) in [5, 5.41) is 10.5. The molecular formula is C24H28N6O2S. The number of hydrogen-bond donors (Lipinski definition) is 0. The van der Waals surface area contributed by atoms with Crippen LogP contribution in [0.1, 0.15) is 31.2 Å². The summed E-state index contributed by atoms with van der Waals surface area (Å²) in [5.41, 5.74) is 3.26. The smallest absolute Gasteiger partial charge is 0.272 e. The standard InChI is InChI=1S/C24H28N6O2S/c1-16-6-4-7-18(14-16)29-12-11-28(15-17(29)2)21(31)9-5-8-20-25-26-24-27(3)23(32)22-19(30(20)24)10-13-33-22/h4,6-7,10,13-14,17H,5,8-9,11-12,15H2,1-3H3/t17-/m0/s1. The Balaban J connectivity index is 1.23. The maximum atomic E-state index is 12.9. The Morgan fingerprint density at radius 1 is 1.21 bits per heavy atom. The second-order valence-electron chi connectivity index (χ2n) is 8.83. The Kier molecular flexibility index (Phi) is 5.65. The SMILES string of the molecule is Cc1cccc(N2CCN(C(=O)CCCc3nnc4n(C)c(=O)c5sccc5n34)C[C@@H]2C)c1. The molecule has 1 saturated heterocycles. The number of nitrogens with zero attached hydrogens (tertiary/aromatic N) is 6. The molecule has 33 heavy (non-hydrogen) atoms. The number of piperazine rings is 1. The predicted molar refractivity (Wildman–Crippen MR) is 131 cm³/mol. The highest BCUT2D eigenvalue weighted by Gasteiger charge is 2.26. The van der Waals surface area contributed by atoms with E-state index in [1.54, 1.807) is 7.05 Å². The van der Waals surface area contributed by atoms with Crippen molar-refractivity contribution in [3.05, 3.63) is 57.5 Å². The largest absolute Gasteiger partial charge is 0.365 e. The van der Waals surface area contributed by atoms with Gasteiger partial charge >= 0.3 is 0 Å². The number of fused-ring (bicyclic) bond motifs is 3. The van der Waals surface area contributed by atoms with E-state index in [1.807, 2.05) is 20.7 Å². The fourth-order valence-electron chi connectivity index (χ4n) is 4.74. The second-order valence-corrected chi connectivity index (χ2v) is 9.74. The molecule has 1 aromatic carbocycles. The number of hydrogen-bond acceptors (Lipinski definition) is 6. The summed E-state index contributed by atoms with van der Waals surface area (Å²) in [6.07, 6.45) is 1.81. The van der Waals surface area contributed by atoms with Crippen LogP contribution in [-0.2, 0) is 18.3 Å². The van der Waals surface area contributed by atoms with E-state index in [0.717, 1.165) is 31.0 Å². The fraction of sp³-hybridized carbons (Fsp3) is 0.417. The first kappa shape index (κ1) is 21.6. The lowest BCUT2D eigenvalue weighted by Crippen LogP contribution is -2.53. The third-order valence-corrected chi connectivity index (χ3v) is 7.39. The summed E-state index contributed by atoms with van der Waals surface area (Å²) in [7, 11) is 1.72. The van der Waals surface area contributed by atoms with Gasteiger partial charge in [0.05, 0.1) is 5.52 Å². The zero-order valence-electron chi connectivity index (χ0n) is 19.2. The van der Waals surface area contributed by atoms with Gasteiger partial charge in [-0.1, -0.05) is 12.1 Å². The Hall–Kier alpha value is -3.20. The molecule has 0 saturated carbocycles. The molecule has 9 heteroatoms. The first-order chi connectivity index (χ1) is 15.9. The van der Waals surface area contributed by atoms with E-state index in [1.165, 1.54) is 27.2 Å². The lowest BCUT2D eigenvalue weighted by molar-refractivity contribution is -0.132. The number of amides is 1. The van der Waals surface area contributed by atoms with Crippen LogP contribution in [0.15, 0.2) is 40.5 Å². The molecule has 0 radical (unpaired) electrons. The Morgan fingerprint density at radius 2 is 2.06 bits per heavy atom. The topological polar surface area (TPSA) is 75.7 Å². The van der Waals surface area contributed by atoms with Crippen molar-refractivity contribution in [2.45, 2.75) is 39.2 Å². The minimum absolute atomic E-state index is 0.0550. The van der Waals surface area contributed by atoms with Gasteiger partial charge < -0.3 is 9.80 Å². The van der Waals surface area contributed by atoms with Crippen molar-refractivity contribution in [2.75, 3.05) is 24.5 Å². The molecule has 1 fully saturated rings. The first-order valence-electron chi connectivity index (χ1n) is 11.4. The molecule has 8 nitrogen and oxygen atoms in total. The molecule has 0 aliphatic carbocycles. The van der Waals surface area contributed by atoms with Gasteiger partial charge in [0.25, 0.3) is 5.56 Å². The van der Waals surface area contributed by atoms with Crippen molar-refractivity contribution in [3.8, 4) is 0 Å². The average Bonchev–Trinajstić information content (AvgIpc) is 3.44. The lowest BCUT2D eigenvalue weighted by atomic mass is 10.1. The van der Waals surface area contributed by atoms with E-state index in [4.69, 9.17) is 0 Å². The van der Waals surface area contributed by atoms with Gasteiger partial charge in [-0.2, -0.15) is 0 Å². The van der Waals surface area contributed by atoms with E-state index in [2.05, 4.69) is 53.2 Å². The second kappa shape index (κ2) is 8.62. The van der Waals surface area contributed by atoms with Crippen molar-refractivity contribution in [1.29, 1.82) is 0 Å². The third kappa shape index (κ3) is 3.90. The summed E-state index contributed by atoms with van der Waals surface area (Å²) in [6.45, 7) is 6.60. The van der Waals surface area contributed by atoms with Crippen LogP contribution in [0.5, 0.6) is 0 Å². The van der Waals surface area contributed by atoms with Crippen molar-refractivity contribution in [3.63, 3.8) is 0 Å². The van der Waals surface area contributed by atoms with Crippen LogP contribution < -0.4 is 10.5 Å². The van der Waals surface area contributed by atoms with E-state index in [9.17, 15) is 9.59 Å². The number of aromatic nitrogens is 4. The monoisotopic (exact) mass is 464 g/mol. The predicted octanol–water partition coefficient (Wildman–Crippen LogP) is 3.01. The summed E-state index contributed by atoms with van der Waals surface area (Å²) >= 11 is 1.43. The van der Waals surface area contributed by atoms with E-state index >= 15 is 0 Å². The van der Waals surface area contributed by atoms with E-state index in [-0.39, 0.29) is 17.5 Å². The Bertz CT molecular complexity index is 1390. The van der Waals surface area contributed by atoms with Crippen molar-refractivity contribution in [2.24, 2.45) is 7.05 Å². The molecule has 4 aromatic rings. The summed E-state index contributed by atoms with van der Waals surface area (Å²) in [6, 6.07) is 10.8. The molecule has 4 heterocycles. The van der Waals surface area contributed by atoms with Gasteiger partial charge in [0, 0.05) is 51.3 Å². The molecule has 1 amide bonds. The molecular weight excluding hydrogens is 436 g/mol. The molecule has 0 unspecified atom stereocenters. The lowest BCUT2D eigenvalue weighted by Gasteiger charge is -2.41. The molecule has 0 bridgehead atoms. The molecule has 0 spiro atoms. The van der Waals surface area contributed by atoms with Gasteiger partial charge in [-0.15, -0.1) is 21.5 Å². The number of aryl methyl sites for hydroxylation is 3. The van der Waals surface area contributed by atoms with Crippen LogP contribution in [0, 0.1) is 6.92 Å². The van der Waals surface area contributed by atoms with Crippen LogP contribution in [0.3, 0.4) is 0 Å². The van der Waals surface area contributed by atoms with Gasteiger partial charge in [0.2, 0.25) is 11.7 Å². The van der Waals surface area contributed by atoms with Crippen molar-refractivity contribution in [1.82, 2.24) is 24.1 Å². The summed E-state index contributed by atoms with van der Waals surface area (Å²) in [4.78, 5) is 29.8. The number of anilines is 1. The maximum Gasteiger partial charge on any atom is 0.272 e. The zero-order valence-corrected chi connectivity index (χ0v) is 20.0. The molecule has 5 rings (SSSR count). The number of carbonyl (C=O) groups excluding carboxylic acids is 1. The molecule has 1 aliphatic rings. The summed E-state index contributed by atoms with van der Waals surface area (Å²) < 4.78 is 4.18. The van der Waals surface area contributed by atoms with Crippen molar-refractivity contribution >= 4 is 38.9 Å². The molecule has 0 N–H and O–H groups in total. The van der Waals surface area contributed by atoms with E-state index in [0.29, 0.717) is 29.7 Å². The normalized spacial score (nSPS) is 16.8. The molecule has 1 atom stereocenters. The van der Waals surface area contributed by atoms with Crippen LogP contribution >= 0.6 is 11.3 Å². The van der Waals surface area contributed by atoms with Crippen LogP contribution in [-0.4, -0.2) is 55.6 Å². The van der Waals surface area contributed by atoms with E-state index < -0.39 is 0 Å². The summed E-state index contributed by atoms with van der Waals surface area (Å²) in [5.74, 6) is 1.51.